The average molecular weight is 673 g/mol. The molecule has 1 aliphatic carbocycles. The summed E-state index contributed by atoms with van der Waals surface area (Å²) < 4.78 is 55.6. The molecule has 2 aliphatic heterocycles. The lowest BCUT2D eigenvalue weighted by Gasteiger charge is -2.26. The first kappa shape index (κ1) is 30.2. The Morgan fingerprint density at radius 2 is 1.69 bits per heavy atom. The van der Waals surface area contributed by atoms with Gasteiger partial charge in [-0.15, -0.1) is 5.10 Å². The first-order valence-corrected chi connectivity index (χ1v) is 16.2. The summed E-state index contributed by atoms with van der Waals surface area (Å²) in [5.41, 5.74) is 10.9. The zero-order valence-electron chi connectivity index (χ0n) is 22.6. The van der Waals surface area contributed by atoms with Crippen molar-refractivity contribution in [1.82, 2.24) is 44.5 Å². The molecule has 4 aromatic heterocycles. The number of imidazole rings is 1. The number of fused-ring (bicyclic) bond motifs is 5. The minimum Gasteiger partial charge on any atom is -0.390 e. The Kier molecular flexibility index (Phi) is 7.26. The van der Waals surface area contributed by atoms with Crippen LogP contribution in [-0.2, 0) is 32.0 Å². The molecule has 6 heterocycles. The van der Waals surface area contributed by atoms with E-state index in [1.807, 2.05) is 0 Å². The van der Waals surface area contributed by atoms with Crippen LogP contribution < -0.4 is 17.0 Å². The van der Waals surface area contributed by atoms with Crippen molar-refractivity contribution >= 4 is 49.7 Å². The smallest absolute Gasteiger partial charge is 0.390 e. The number of phosphoric acid groups is 2. The summed E-state index contributed by atoms with van der Waals surface area (Å²) in [5, 5.41) is 30.0. The normalized spacial score (nSPS) is 37.7. The van der Waals surface area contributed by atoms with Crippen LogP contribution in [0.15, 0.2) is 17.4 Å². The highest BCUT2D eigenvalue weighted by molar-refractivity contribution is 7.47. The number of ether oxygens (including phenoxy) is 1. The summed E-state index contributed by atoms with van der Waals surface area (Å²) in [4.78, 5) is 51.9. The zero-order valence-corrected chi connectivity index (χ0v) is 24.4. The summed E-state index contributed by atoms with van der Waals surface area (Å²) in [6.07, 6.45) is -7.15. The van der Waals surface area contributed by atoms with Crippen LogP contribution in [0.2, 0.25) is 0 Å². The molecule has 25 heteroatoms. The van der Waals surface area contributed by atoms with Gasteiger partial charge in [-0.05, 0) is 6.42 Å². The Balaban J connectivity index is 1.21. The van der Waals surface area contributed by atoms with Crippen LogP contribution in [0.3, 0.4) is 0 Å². The number of hydrogen-bond donors (Lipinski definition) is 7. The SMILES string of the molecule is Nc1nc2c(ncn2[C@@H]2C[C@@H]3COP(=O)(O)OC4[C@@H](COP(=O)(O)O[C@H]2C3O)O[C@@H](n2nnc3c(N)ncnc32)[C@H]4O)c(=O)[nH]1. The maximum absolute atomic E-state index is 13.2. The number of aliphatic hydroxyl groups excluding tert-OH is 2. The predicted octanol–water partition coefficient (Wildman–Crippen LogP) is -2.28. The van der Waals surface area contributed by atoms with Gasteiger partial charge in [0.1, 0.15) is 30.7 Å². The second kappa shape index (κ2) is 10.8. The van der Waals surface area contributed by atoms with Crippen LogP contribution >= 0.6 is 15.6 Å². The standard InChI is InChI=1S/C20H25N11O12P2/c21-15-9-16(24-4-23-15)31(29-28-9)19-12(33)14-8(41-19)3-40-45(37,38)42-13-7(1-6(11(13)32)2-39-44(35,36)43-14)30-5-25-10-17(30)26-20(22)27-18(10)34/h4-8,11-14,19,32-33H,1-3H2,(H,35,36)(H,37,38)(H2,21,23,24)(H3,22,26,27,34)/t6-,7-,8-,11?,12+,13-,14?,19-/m1/s1. The fourth-order valence-corrected chi connectivity index (χ4v) is 7.68. The van der Waals surface area contributed by atoms with E-state index in [9.17, 15) is 33.9 Å². The number of aliphatic hydroxyl groups is 2. The summed E-state index contributed by atoms with van der Waals surface area (Å²) in [5.74, 6) is -1.23. The molecule has 3 fully saturated rings. The lowest BCUT2D eigenvalue weighted by Crippen LogP contribution is -2.36. The van der Waals surface area contributed by atoms with E-state index in [0.717, 1.165) is 11.0 Å². The van der Waals surface area contributed by atoms with Gasteiger partial charge in [-0.3, -0.25) is 27.9 Å². The van der Waals surface area contributed by atoms with E-state index in [-0.39, 0.29) is 40.5 Å². The van der Waals surface area contributed by atoms with Crippen molar-refractivity contribution in [1.29, 1.82) is 0 Å². The van der Waals surface area contributed by atoms with Crippen molar-refractivity contribution < 1.29 is 52.0 Å². The number of hydrogen-bond acceptors (Lipinski definition) is 18. The fraction of sp³-hybridized carbons (Fsp3) is 0.550. The summed E-state index contributed by atoms with van der Waals surface area (Å²) in [6.45, 7) is -1.43. The third-order valence-electron chi connectivity index (χ3n) is 7.75. The van der Waals surface area contributed by atoms with E-state index in [1.165, 1.54) is 10.9 Å². The molecule has 7 rings (SSSR count). The van der Waals surface area contributed by atoms with E-state index >= 15 is 0 Å². The Morgan fingerprint density at radius 1 is 0.956 bits per heavy atom. The van der Waals surface area contributed by atoms with Crippen LogP contribution in [0.25, 0.3) is 22.3 Å². The van der Waals surface area contributed by atoms with Gasteiger partial charge < -0.3 is 40.8 Å². The molecule has 3 aliphatic rings. The molecular formula is C20H25N11O12P2. The van der Waals surface area contributed by atoms with Crippen LogP contribution in [0.4, 0.5) is 11.8 Å². The van der Waals surface area contributed by atoms with Crippen LogP contribution in [0.1, 0.15) is 18.7 Å². The summed E-state index contributed by atoms with van der Waals surface area (Å²) in [7, 11) is -10.1. The number of rotatable bonds is 2. The monoisotopic (exact) mass is 673 g/mol. The molecule has 1 saturated carbocycles. The second-order valence-corrected chi connectivity index (χ2v) is 13.3. The molecule has 2 bridgehead atoms. The van der Waals surface area contributed by atoms with Gasteiger partial charge in [0.05, 0.1) is 31.7 Å². The van der Waals surface area contributed by atoms with Crippen molar-refractivity contribution in [3.05, 3.63) is 23.0 Å². The number of nitrogen functional groups attached to an aromatic ring is 2. The molecule has 2 saturated heterocycles. The van der Waals surface area contributed by atoms with Crippen molar-refractivity contribution in [3.63, 3.8) is 0 Å². The average Bonchev–Trinajstić information content (AvgIpc) is 3.72. The van der Waals surface area contributed by atoms with Gasteiger partial charge in [0, 0.05) is 5.92 Å². The lowest BCUT2D eigenvalue weighted by atomic mass is 10.1. The highest BCUT2D eigenvalue weighted by Gasteiger charge is 2.53. The number of phosphoric ester groups is 2. The Morgan fingerprint density at radius 3 is 2.47 bits per heavy atom. The molecule has 0 spiro atoms. The predicted molar refractivity (Wildman–Crippen MR) is 144 cm³/mol. The van der Waals surface area contributed by atoms with Crippen LogP contribution in [0, 0.1) is 5.92 Å². The highest BCUT2D eigenvalue weighted by atomic mass is 31.2. The lowest BCUT2D eigenvalue weighted by molar-refractivity contribution is -0.0608. The molecule has 0 radical (unpaired) electrons. The molecule has 4 aromatic rings. The van der Waals surface area contributed by atoms with E-state index in [2.05, 4.69) is 35.2 Å². The van der Waals surface area contributed by atoms with E-state index in [1.54, 1.807) is 0 Å². The molecule has 10 atom stereocenters. The molecule has 0 aromatic carbocycles. The molecule has 9 N–H and O–H groups in total. The molecule has 0 amide bonds. The van der Waals surface area contributed by atoms with Crippen molar-refractivity contribution in [3.8, 4) is 0 Å². The summed E-state index contributed by atoms with van der Waals surface area (Å²) >= 11 is 0. The Bertz CT molecular complexity index is 1940. The fourth-order valence-electron chi connectivity index (χ4n) is 5.70. The van der Waals surface area contributed by atoms with Gasteiger partial charge in [-0.2, -0.15) is 9.67 Å². The number of aromatic amines is 1. The number of nitrogens with zero attached hydrogens (tertiary/aromatic N) is 8. The van der Waals surface area contributed by atoms with Crippen molar-refractivity contribution in [2.45, 2.75) is 49.2 Å². The van der Waals surface area contributed by atoms with Gasteiger partial charge in [0.2, 0.25) is 5.95 Å². The van der Waals surface area contributed by atoms with Gasteiger partial charge in [-0.1, -0.05) is 5.21 Å². The molecule has 4 unspecified atom stereocenters. The maximum Gasteiger partial charge on any atom is 0.472 e. The van der Waals surface area contributed by atoms with E-state index < -0.39 is 83.1 Å². The largest absolute Gasteiger partial charge is 0.472 e. The van der Waals surface area contributed by atoms with E-state index in [0.29, 0.717) is 0 Å². The number of nitrogens with one attached hydrogen (secondary N) is 1. The Hall–Kier alpha value is -3.47. The molecular weight excluding hydrogens is 648 g/mol. The molecule has 45 heavy (non-hydrogen) atoms. The minimum atomic E-state index is -5.05. The summed E-state index contributed by atoms with van der Waals surface area (Å²) in [6, 6.07) is -1.00. The van der Waals surface area contributed by atoms with Gasteiger partial charge >= 0.3 is 15.6 Å². The first-order chi connectivity index (χ1) is 21.3. The molecule has 242 valence electrons. The van der Waals surface area contributed by atoms with Gasteiger partial charge in [-0.25, -0.2) is 24.1 Å². The zero-order chi connectivity index (χ0) is 31.8. The topological polar surface area (TPSA) is 333 Å². The quantitative estimate of drug-likeness (QED) is 0.110. The van der Waals surface area contributed by atoms with E-state index in [4.69, 9.17) is 34.3 Å². The van der Waals surface area contributed by atoms with Crippen molar-refractivity contribution in [2.24, 2.45) is 5.92 Å². The Labute approximate surface area is 249 Å². The highest BCUT2D eigenvalue weighted by Crippen LogP contribution is 2.55. The van der Waals surface area contributed by atoms with Crippen LogP contribution in [0.5, 0.6) is 0 Å². The van der Waals surface area contributed by atoms with Gasteiger partial charge in [0.15, 0.2) is 34.4 Å². The minimum absolute atomic E-state index is 0.00974. The number of aromatic nitrogens is 9. The van der Waals surface area contributed by atoms with Crippen LogP contribution in [-0.4, -0.2) is 108 Å². The van der Waals surface area contributed by atoms with Gasteiger partial charge in [0.25, 0.3) is 5.56 Å². The third kappa shape index (κ3) is 5.30. The maximum atomic E-state index is 13.2. The van der Waals surface area contributed by atoms with Crippen molar-refractivity contribution in [2.75, 3.05) is 24.7 Å². The second-order valence-electron chi connectivity index (χ2n) is 10.5. The number of H-pyrrole nitrogens is 1. The third-order valence-corrected chi connectivity index (χ3v) is 9.72. The number of anilines is 2. The number of nitrogens with two attached hydrogens (primary N) is 2. The first-order valence-electron chi connectivity index (χ1n) is 13.2. The molecule has 23 nitrogen and oxygen atoms in total.